The molecule has 30 heavy (non-hydrogen) atoms. The molecule has 3 rings (SSSR count). The van der Waals surface area contributed by atoms with E-state index in [2.05, 4.69) is 27.8 Å². The van der Waals surface area contributed by atoms with Crippen LogP contribution in [0.3, 0.4) is 0 Å². The topological polar surface area (TPSA) is 70.2 Å². The Labute approximate surface area is 174 Å². The maximum absolute atomic E-state index is 12.9. The highest BCUT2D eigenvalue weighted by Crippen LogP contribution is 2.10. The van der Waals surface area contributed by atoms with Crippen molar-refractivity contribution < 1.29 is 14.0 Å². The van der Waals surface area contributed by atoms with Crippen LogP contribution < -0.4 is 16.0 Å². The van der Waals surface area contributed by atoms with E-state index in [-0.39, 0.29) is 24.8 Å². The van der Waals surface area contributed by atoms with Crippen LogP contribution in [0.5, 0.6) is 0 Å². The lowest BCUT2D eigenvalue weighted by Gasteiger charge is -2.09. The number of benzene rings is 3. The Hall–Kier alpha value is -4.11. The summed E-state index contributed by atoms with van der Waals surface area (Å²) in [7, 11) is 0. The molecule has 0 spiro atoms. The summed E-state index contributed by atoms with van der Waals surface area (Å²) < 4.78 is 12.9. The molecule has 0 aliphatic rings. The van der Waals surface area contributed by atoms with Gasteiger partial charge in [-0.15, -0.1) is 0 Å². The Kier molecular flexibility index (Phi) is 7.17. The number of hydrogen-bond donors (Lipinski definition) is 3. The van der Waals surface area contributed by atoms with Gasteiger partial charge >= 0.3 is 6.03 Å². The second-order valence-electron chi connectivity index (χ2n) is 6.41. The van der Waals surface area contributed by atoms with Crippen LogP contribution in [0.2, 0.25) is 0 Å². The molecule has 6 heteroatoms. The van der Waals surface area contributed by atoms with Gasteiger partial charge in [0.25, 0.3) is 0 Å². The number of urea groups is 1. The molecule has 3 aromatic carbocycles. The lowest BCUT2D eigenvalue weighted by molar-refractivity contribution is -0.115. The average Bonchev–Trinajstić information content (AvgIpc) is 2.77. The van der Waals surface area contributed by atoms with E-state index >= 15 is 0 Å². The first-order chi connectivity index (χ1) is 14.6. The average molecular weight is 401 g/mol. The summed E-state index contributed by atoms with van der Waals surface area (Å²) in [6.07, 6.45) is 0. The molecular weight excluding hydrogens is 381 g/mol. The highest BCUT2D eigenvalue weighted by atomic mass is 19.1. The maximum atomic E-state index is 12.9. The Balaban J connectivity index is 1.46. The van der Waals surface area contributed by atoms with Crippen LogP contribution in [-0.4, -0.2) is 18.5 Å². The van der Waals surface area contributed by atoms with Gasteiger partial charge in [-0.2, -0.15) is 0 Å². The fourth-order valence-electron chi connectivity index (χ4n) is 2.55. The Morgan fingerprint density at radius 3 is 2.27 bits per heavy atom. The number of carbonyl (C=O) groups excluding carboxylic acids is 2. The van der Waals surface area contributed by atoms with Crippen LogP contribution in [-0.2, 0) is 11.3 Å². The lowest BCUT2D eigenvalue weighted by atomic mass is 10.1. The number of amides is 3. The standard InChI is InChI=1S/C24H20FN3O2/c25-21-13-11-20(12-14-21)16-26-24(30)27-17-23(29)28-22-8-4-7-19(15-22)10-9-18-5-2-1-3-6-18/h1-8,11-15H,16-17H2,(H,28,29)(H2,26,27,30). The van der Waals surface area contributed by atoms with Crippen molar-refractivity contribution >= 4 is 17.6 Å². The van der Waals surface area contributed by atoms with E-state index in [4.69, 9.17) is 0 Å². The number of anilines is 1. The van der Waals surface area contributed by atoms with Crippen molar-refractivity contribution in [3.8, 4) is 11.8 Å². The van der Waals surface area contributed by atoms with E-state index in [1.807, 2.05) is 36.4 Å². The van der Waals surface area contributed by atoms with Crippen LogP contribution in [0.4, 0.5) is 14.9 Å². The zero-order chi connectivity index (χ0) is 21.2. The monoisotopic (exact) mass is 401 g/mol. The number of carbonyl (C=O) groups is 2. The third kappa shape index (κ3) is 6.80. The second-order valence-corrected chi connectivity index (χ2v) is 6.41. The predicted octanol–water partition coefficient (Wildman–Crippen LogP) is 3.66. The molecule has 5 nitrogen and oxygen atoms in total. The Morgan fingerprint density at radius 2 is 1.50 bits per heavy atom. The maximum Gasteiger partial charge on any atom is 0.315 e. The smallest absolute Gasteiger partial charge is 0.315 e. The molecule has 3 amide bonds. The van der Waals surface area contributed by atoms with Gasteiger partial charge in [0.05, 0.1) is 6.54 Å². The third-order valence-corrected chi connectivity index (χ3v) is 4.05. The fourth-order valence-corrected chi connectivity index (χ4v) is 2.55. The molecule has 0 aromatic heterocycles. The molecule has 0 heterocycles. The van der Waals surface area contributed by atoms with Gasteiger partial charge in [-0.1, -0.05) is 48.2 Å². The van der Waals surface area contributed by atoms with E-state index in [0.717, 1.165) is 16.7 Å². The van der Waals surface area contributed by atoms with Crippen LogP contribution in [0, 0.1) is 17.7 Å². The summed E-state index contributed by atoms with van der Waals surface area (Å²) in [6.45, 7) is 0.0467. The molecule has 0 aliphatic heterocycles. The van der Waals surface area contributed by atoms with Gasteiger partial charge in [0.2, 0.25) is 5.91 Å². The zero-order valence-corrected chi connectivity index (χ0v) is 16.1. The first-order valence-electron chi connectivity index (χ1n) is 9.31. The van der Waals surface area contributed by atoms with Crippen molar-refractivity contribution in [2.75, 3.05) is 11.9 Å². The molecule has 0 atom stereocenters. The van der Waals surface area contributed by atoms with Crippen LogP contribution in [0.1, 0.15) is 16.7 Å². The molecule has 0 saturated carbocycles. The quantitative estimate of drug-likeness (QED) is 0.571. The first-order valence-corrected chi connectivity index (χ1v) is 9.31. The molecule has 0 bridgehead atoms. The second kappa shape index (κ2) is 10.4. The minimum absolute atomic E-state index is 0.185. The first kappa shape index (κ1) is 20.6. The molecule has 3 N–H and O–H groups in total. The summed E-state index contributed by atoms with van der Waals surface area (Å²) in [5.41, 5.74) is 3.02. The minimum Gasteiger partial charge on any atom is -0.334 e. The van der Waals surface area contributed by atoms with Gasteiger partial charge in [0.1, 0.15) is 5.82 Å². The molecule has 0 fully saturated rings. The Bertz CT molecular complexity index is 1070. The van der Waals surface area contributed by atoms with Crippen molar-refractivity contribution in [1.29, 1.82) is 0 Å². The van der Waals surface area contributed by atoms with Crippen LogP contribution >= 0.6 is 0 Å². The SMILES string of the molecule is O=C(CNC(=O)NCc1ccc(F)cc1)Nc1cccc(C#Cc2ccccc2)c1. The van der Waals surface area contributed by atoms with Crippen molar-refractivity contribution in [2.45, 2.75) is 6.54 Å². The van der Waals surface area contributed by atoms with Gasteiger partial charge < -0.3 is 16.0 Å². The molecule has 0 aliphatic carbocycles. The van der Waals surface area contributed by atoms with E-state index in [1.54, 1.807) is 30.3 Å². The molecular formula is C24H20FN3O2. The van der Waals surface area contributed by atoms with Gasteiger partial charge in [0.15, 0.2) is 0 Å². The van der Waals surface area contributed by atoms with Gasteiger partial charge in [0, 0.05) is 23.4 Å². The lowest BCUT2D eigenvalue weighted by Crippen LogP contribution is -2.39. The largest absolute Gasteiger partial charge is 0.334 e. The number of hydrogen-bond acceptors (Lipinski definition) is 2. The number of rotatable bonds is 5. The highest BCUT2D eigenvalue weighted by Gasteiger charge is 2.06. The highest BCUT2D eigenvalue weighted by molar-refractivity contribution is 5.94. The molecule has 0 saturated heterocycles. The molecule has 150 valence electrons. The van der Waals surface area contributed by atoms with Crippen LogP contribution in [0.15, 0.2) is 78.9 Å². The van der Waals surface area contributed by atoms with E-state index in [0.29, 0.717) is 5.69 Å². The van der Waals surface area contributed by atoms with E-state index in [1.165, 1.54) is 12.1 Å². The number of nitrogens with one attached hydrogen (secondary N) is 3. The van der Waals surface area contributed by atoms with E-state index < -0.39 is 6.03 Å². The van der Waals surface area contributed by atoms with E-state index in [9.17, 15) is 14.0 Å². The van der Waals surface area contributed by atoms with Gasteiger partial charge in [-0.3, -0.25) is 4.79 Å². The van der Waals surface area contributed by atoms with Gasteiger partial charge in [-0.25, -0.2) is 9.18 Å². The van der Waals surface area contributed by atoms with Crippen LogP contribution in [0.25, 0.3) is 0 Å². The van der Waals surface area contributed by atoms with Crippen molar-refractivity contribution in [3.63, 3.8) is 0 Å². The van der Waals surface area contributed by atoms with Crippen molar-refractivity contribution in [2.24, 2.45) is 0 Å². The molecule has 0 unspecified atom stereocenters. The minimum atomic E-state index is -0.489. The summed E-state index contributed by atoms with van der Waals surface area (Å²) >= 11 is 0. The summed E-state index contributed by atoms with van der Waals surface area (Å²) in [6, 6.07) is 22.1. The third-order valence-electron chi connectivity index (χ3n) is 4.05. The number of halogens is 1. The van der Waals surface area contributed by atoms with Gasteiger partial charge in [-0.05, 0) is 48.0 Å². The summed E-state index contributed by atoms with van der Waals surface area (Å²) in [5.74, 6) is 5.42. The van der Waals surface area contributed by atoms with Crippen molar-refractivity contribution in [1.82, 2.24) is 10.6 Å². The Morgan fingerprint density at radius 1 is 0.800 bits per heavy atom. The fraction of sp³-hybridized carbons (Fsp3) is 0.0833. The summed E-state index contributed by atoms with van der Waals surface area (Å²) in [5, 5.41) is 7.81. The summed E-state index contributed by atoms with van der Waals surface area (Å²) in [4.78, 5) is 23.9. The predicted molar refractivity (Wildman–Crippen MR) is 114 cm³/mol. The molecule has 0 radical (unpaired) electrons. The normalized spacial score (nSPS) is 9.77. The zero-order valence-electron chi connectivity index (χ0n) is 16.1. The molecule has 3 aromatic rings. The van der Waals surface area contributed by atoms with Crippen molar-refractivity contribution in [3.05, 3.63) is 101 Å².